The van der Waals surface area contributed by atoms with Gasteiger partial charge in [-0.1, -0.05) is 35.9 Å². The van der Waals surface area contributed by atoms with Crippen LogP contribution in [0.3, 0.4) is 0 Å². The quantitative estimate of drug-likeness (QED) is 0.683. The average Bonchev–Trinajstić information content (AvgIpc) is 2.92. The van der Waals surface area contributed by atoms with Crippen molar-refractivity contribution in [3.8, 4) is 0 Å². The summed E-state index contributed by atoms with van der Waals surface area (Å²) in [5, 5.41) is 0.597. The molecule has 0 bridgehead atoms. The molecule has 0 aliphatic heterocycles. The van der Waals surface area contributed by atoms with Crippen molar-refractivity contribution in [3.63, 3.8) is 0 Å². The van der Waals surface area contributed by atoms with E-state index in [1.807, 2.05) is 12.1 Å². The third kappa shape index (κ3) is 3.40. The summed E-state index contributed by atoms with van der Waals surface area (Å²) in [6.45, 7) is 1.58. The minimum Gasteiger partial charge on any atom is -0.318 e. The van der Waals surface area contributed by atoms with Gasteiger partial charge in [0.05, 0.1) is 25.9 Å². The Balaban J connectivity index is 2.01. The van der Waals surface area contributed by atoms with Gasteiger partial charge in [0.2, 0.25) is 0 Å². The highest BCUT2D eigenvalue weighted by molar-refractivity contribution is 7.91. The highest BCUT2D eigenvalue weighted by Gasteiger charge is 2.13. The number of benzene rings is 2. The van der Waals surface area contributed by atoms with Gasteiger partial charge in [-0.05, 0) is 36.4 Å². The molecule has 1 heterocycles. The Labute approximate surface area is 154 Å². The number of carbonyl (C=O) groups excluding carboxylic acids is 1. The third-order valence-corrected chi connectivity index (χ3v) is 6.96. The van der Waals surface area contributed by atoms with Crippen LogP contribution in [0.5, 0.6) is 0 Å². The maximum absolute atomic E-state index is 12.4. The monoisotopic (exact) mass is 394 g/mol. The van der Waals surface area contributed by atoms with Crippen LogP contribution in [0.2, 0.25) is 5.02 Å². The van der Waals surface area contributed by atoms with E-state index < -0.39 is 15.7 Å². The molecule has 0 saturated heterocycles. The van der Waals surface area contributed by atoms with E-state index in [0.717, 1.165) is 10.2 Å². The van der Waals surface area contributed by atoms with Gasteiger partial charge in [-0.2, -0.15) is 4.99 Å². The standard InChI is InChI=1S/C17H15ClN2O3S2/c1-3-25(22,23)12-9-7-11(8-10-12)16(21)19-17-20(2)15-13(18)5-4-6-14(15)24-17/h4-10H,3H2,1-2H3. The van der Waals surface area contributed by atoms with Crippen LogP contribution in [0.15, 0.2) is 52.4 Å². The number of fused-ring (bicyclic) bond motifs is 1. The Hall–Kier alpha value is -1.96. The van der Waals surface area contributed by atoms with Gasteiger partial charge in [0, 0.05) is 12.6 Å². The minimum atomic E-state index is -3.29. The first kappa shape index (κ1) is 17.8. The smallest absolute Gasteiger partial charge is 0.279 e. The first-order chi connectivity index (χ1) is 11.8. The Bertz CT molecular complexity index is 1130. The maximum atomic E-state index is 12.4. The Morgan fingerprint density at radius 2 is 1.88 bits per heavy atom. The lowest BCUT2D eigenvalue weighted by Crippen LogP contribution is -2.13. The molecule has 5 nitrogen and oxygen atoms in total. The molecule has 0 unspecified atom stereocenters. The molecular formula is C17H15ClN2O3S2. The number of aryl methyl sites for hydroxylation is 1. The SMILES string of the molecule is CCS(=O)(=O)c1ccc(C(=O)N=c2sc3cccc(Cl)c3n2C)cc1. The molecule has 0 aliphatic rings. The fraction of sp³-hybridized carbons (Fsp3) is 0.176. The van der Waals surface area contributed by atoms with Gasteiger partial charge in [0.25, 0.3) is 5.91 Å². The van der Waals surface area contributed by atoms with Gasteiger partial charge in [-0.3, -0.25) is 4.79 Å². The average molecular weight is 395 g/mol. The molecule has 0 atom stereocenters. The normalized spacial score (nSPS) is 12.7. The van der Waals surface area contributed by atoms with Crippen molar-refractivity contribution >= 4 is 48.9 Å². The molecule has 25 heavy (non-hydrogen) atoms. The van der Waals surface area contributed by atoms with E-state index in [1.165, 1.54) is 35.6 Å². The number of halogens is 1. The molecule has 1 amide bonds. The Morgan fingerprint density at radius 1 is 1.20 bits per heavy atom. The number of nitrogens with zero attached hydrogens (tertiary/aromatic N) is 2. The van der Waals surface area contributed by atoms with E-state index in [-0.39, 0.29) is 10.6 Å². The highest BCUT2D eigenvalue weighted by atomic mass is 35.5. The van der Waals surface area contributed by atoms with Crippen LogP contribution in [0.4, 0.5) is 0 Å². The summed E-state index contributed by atoms with van der Waals surface area (Å²) in [6, 6.07) is 11.4. The number of para-hydroxylation sites is 1. The predicted octanol–water partition coefficient (Wildman–Crippen LogP) is 3.43. The summed E-state index contributed by atoms with van der Waals surface area (Å²) < 4.78 is 26.4. The summed E-state index contributed by atoms with van der Waals surface area (Å²) in [5.74, 6) is -0.415. The lowest BCUT2D eigenvalue weighted by Gasteiger charge is -2.02. The minimum absolute atomic E-state index is 0.0169. The molecule has 8 heteroatoms. The van der Waals surface area contributed by atoms with Gasteiger partial charge >= 0.3 is 0 Å². The number of hydrogen-bond acceptors (Lipinski definition) is 4. The van der Waals surface area contributed by atoms with Crippen LogP contribution in [0.25, 0.3) is 10.2 Å². The summed E-state index contributed by atoms with van der Waals surface area (Å²) >= 11 is 7.57. The molecule has 0 saturated carbocycles. The molecule has 3 aromatic rings. The van der Waals surface area contributed by atoms with Crippen LogP contribution in [0, 0.1) is 0 Å². The maximum Gasteiger partial charge on any atom is 0.279 e. The van der Waals surface area contributed by atoms with E-state index in [0.29, 0.717) is 15.4 Å². The number of carbonyl (C=O) groups is 1. The molecule has 0 N–H and O–H groups in total. The van der Waals surface area contributed by atoms with E-state index in [2.05, 4.69) is 4.99 Å². The number of aromatic nitrogens is 1. The van der Waals surface area contributed by atoms with Crippen molar-refractivity contribution < 1.29 is 13.2 Å². The second kappa shape index (κ2) is 6.74. The van der Waals surface area contributed by atoms with Crippen molar-refractivity contribution in [1.82, 2.24) is 4.57 Å². The topological polar surface area (TPSA) is 68.5 Å². The highest BCUT2D eigenvalue weighted by Crippen LogP contribution is 2.24. The Morgan fingerprint density at radius 3 is 2.48 bits per heavy atom. The zero-order valence-corrected chi connectivity index (χ0v) is 16.0. The van der Waals surface area contributed by atoms with Crippen LogP contribution in [-0.2, 0) is 16.9 Å². The predicted molar refractivity (Wildman–Crippen MR) is 99.9 cm³/mol. The number of rotatable bonds is 3. The van der Waals surface area contributed by atoms with Crippen LogP contribution in [-0.4, -0.2) is 24.6 Å². The van der Waals surface area contributed by atoms with Gasteiger partial charge in [-0.15, -0.1) is 0 Å². The summed E-state index contributed by atoms with van der Waals surface area (Å²) in [4.78, 5) is 17.3. The number of thiazole rings is 1. The lowest BCUT2D eigenvalue weighted by atomic mass is 10.2. The zero-order valence-electron chi connectivity index (χ0n) is 13.6. The molecule has 0 radical (unpaired) electrons. The van der Waals surface area contributed by atoms with Crippen molar-refractivity contribution in [2.24, 2.45) is 12.0 Å². The molecule has 3 rings (SSSR count). The first-order valence-corrected chi connectivity index (χ1v) is 10.3. The van der Waals surface area contributed by atoms with Crippen LogP contribution >= 0.6 is 22.9 Å². The fourth-order valence-corrected chi connectivity index (χ4v) is 4.67. The largest absolute Gasteiger partial charge is 0.318 e. The molecule has 130 valence electrons. The third-order valence-electron chi connectivity index (χ3n) is 3.81. The van der Waals surface area contributed by atoms with Crippen LogP contribution in [0.1, 0.15) is 17.3 Å². The van der Waals surface area contributed by atoms with E-state index >= 15 is 0 Å². The van der Waals surface area contributed by atoms with Gasteiger partial charge in [0.15, 0.2) is 14.6 Å². The first-order valence-electron chi connectivity index (χ1n) is 7.49. The number of amides is 1. The Kier molecular flexibility index (Phi) is 4.81. The van der Waals surface area contributed by atoms with Crippen molar-refractivity contribution in [1.29, 1.82) is 0 Å². The zero-order chi connectivity index (χ0) is 18.2. The number of hydrogen-bond donors (Lipinski definition) is 0. The second-order valence-corrected chi connectivity index (χ2v) is 9.07. The summed E-state index contributed by atoms with van der Waals surface area (Å²) in [5.41, 5.74) is 1.16. The molecule has 0 spiro atoms. The van der Waals surface area contributed by atoms with E-state index in [1.54, 1.807) is 24.6 Å². The van der Waals surface area contributed by atoms with Gasteiger partial charge in [0.1, 0.15) is 0 Å². The molecule has 1 aromatic heterocycles. The summed E-state index contributed by atoms with van der Waals surface area (Å²) in [6.07, 6.45) is 0. The van der Waals surface area contributed by atoms with E-state index in [9.17, 15) is 13.2 Å². The van der Waals surface area contributed by atoms with Gasteiger partial charge < -0.3 is 4.57 Å². The molecule has 2 aromatic carbocycles. The number of sulfone groups is 1. The van der Waals surface area contributed by atoms with Crippen molar-refractivity contribution in [2.45, 2.75) is 11.8 Å². The van der Waals surface area contributed by atoms with Crippen LogP contribution < -0.4 is 4.80 Å². The second-order valence-electron chi connectivity index (χ2n) is 5.37. The van der Waals surface area contributed by atoms with Crippen molar-refractivity contribution in [2.75, 3.05) is 5.75 Å². The van der Waals surface area contributed by atoms with Crippen molar-refractivity contribution in [3.05, 3.63) is 57.9 Å². The fourth-order valence-electron chi connectivity index (χ4n) is 2.39. The molecule has 0 fully saturated rings. The van der Waals surface area contributed by atoms with E-state index in [4.69, 9.17) is 11.6 Å². The molecular weight excluding hydrogens is 380 g/mol. The van der Waals surface area contributed by atoms with Gasteiger partial charge in [-0.25, -0.2) is 8.42 Å². The molecule has 0 aliphatic carbocycles. The summed E-state index contributed by atoms with van der Waals surface area (Å²) in [7, 11) is -1.49. The lowest BCUT2D eigenvalue weighted by molar-refractivity contribution is 0.0998.